The molecule has 0 radical (unpaired) electrons. The molecule has 230 valence electrons. The maximum Gasteiger partial charge on any atom is 0.272 e. The summed E-state index contributed by atoms with van der Waals surface area (Å²) in [5.74, 6) is -1.26. The third-order valence-electron chi connectivity index (χ3n) is 8.03. The number of carbonyl (C=O) groups is 2. The van der Waals surface area contributed by atoms with Crippen LogP contribution in [0.25, 0.3) is 28.6 Å². The molecular weight excluding hydrogens is 600 g/mol. The number of imide groups is 1. The van der Waals surface area contributed by atoms with Gasteiger partial charge in [-0.15, -0.1) is 0 Å². The van der Waals surface area contributed by atoms with Crippen LogP contribution in [0.2, 0.25) is 0 Å². The van der Waals surface area contributed by atoms with Crippen molar-refractivity contribution in [3.63, 3.8) is 0 Å². The van der Waals surface area contributed by atoms with Gasteiger partial charge in [0.05, 0.1) is 28.8 Å². The summed E-state index contributed by atoms with van der Waals surface area (Å²) in [6.07, 6.45) is 5.22. The van der Waals surface area contributed by atoms with Crippen LogP contribution in [-0.2, 0) is 19.4 Å². The summed E-state index contributed by atoms with van der Waals surface area (Å²) in [7, 11) is -3.44. The van der Waals surface area contributed by atoms with Crippen molar-refractivity contribution in [1.82, 2.24) is 14.7 Å². The summed E-state index contributed by atoms with van der Waals surface area (Å²) in [5, 5.41) is 15.2. The van der Waals surface area contributed by atoms with E-state index in [9.17, 15) is 23.3 Å². The molecule has 2 aliphatic rings. The Hall–Kier alpha value is -5.53. The number of carbonyl (C=O) groups excluding carboxylic acids is 2. The van der Waals surface area contributed by atoms with Gasteiger partial charge in [0.1, 0.15) is 29.7 Å². The Balaban J connectivity index is 1.58. The molecule has 2 amide bonds. The van der Waals surface area contributed by atoms with Gasteiger partial charge in [-0.25, -0.2) is 13.1 Å². The molecule has 4 aromatic rings. The molecule has 1 aromatic heterocycles. The maximum absolute atomic E-state index is 14.4. The first-order valence-electron chi connectivity index (χ1n) is 14.7. The molecule has 1 saturated heterocycles. The van der Waals surface area contributed by atoms with Gasteiger partial charge in [0.15, 0.2) is 9.84 Å². The Kier molecular flexibility index (Phi) is 8.26. The first kappa shape index (κ1) is 30.5. The van der Waals surface area contributed by atoms with Crippen LogP contribution in [0, 0.1) is 18.3 Å². The number of nitrogens with zero attached hydrogens (tertiary/aromatic N) is 4. The van der Waals surface area contributed by atoms with Gasteiger partial charge in [-0.3, -0.25) is 14.5 Å². The van der Waals surface area contributed by atoms with Crippen LogP contribution in [0.1, 0.15) is 23.1 Å². The van der Waals surface area contributed by atoms with E-state index in [2.05, 4.69) is 6.58 Å². The Morgan fingerprint density at radius 3 is 2.39 bits per heavy atom. The molecular formula is C36H30N4O5S. The standard InChI is InChI=1S/C36H30N4O5S/c1-3-17-45-29-14-15-30(24(2)19-29)34-26(22-39(38-34)27-12-8-5-9-13-27)20-31-33(25-10-6-4-7-11-25)32(21-37)36(42)40(35(31)41)28-16-18-46(43,44)23-28/h3-15,19-20,22,28H,1,16-18,23H2,2H3/b31-20-. The van der Waals surface area contributed by atoms with Crippen molar-refractivity contribution in [1.29, 1.82) is 5.26 Å². The zero-order valence-corrected chi connectivity index (χ0v) is 25.9. The van der Waals surface area contributed by atoms with Crippen molar-refractivity contribution in [2.75, 3.05) is 18.1 Å². The predicted molar refractivity (Wildman–Crippen MR) is 175 cm³/mol. The monoisotopic (exact) mass is 630 g/mol. The van der Waals surface area contributed by atoms with Crippen molar-refractivity contribution in [2.24, 2.45) is 0 Å². The van der Waals surface area contributed by atoms with Gasteiger partial charge in [0.2, 0.25) is 0 Å². The highest BCUT2D eigenvalue weighted by Crippen LogP contribution is 2.39. The largest absolute Gasteiger partial charge is 0.490 e. The number of sulfone groups is 1. The van der Waals surface area contributed by atoms with E-state index in [1.54, 1.807) is 53.4 Å². The van der Waals surface area contributed by atoms with Crippen molar-refractivity contribution in [2.45, 2.75) is 19.4 Å². The summed E-state index contributed by atoms with van der Waals surface area (Å²) in [4.78, 5) is 29.1. The quantitative estimate of drug-likeness (QED) is 0.147. The van der Waals surface area contributed by atoms with Crippen molar-refractivity contribution < 1.29 is 22.7 Å². The molecule has 46 heavy (non-hydrogen) atoms. The van der Waals surface area contributed by atoms with Crippen molar-refractivity contribution >= 4 is 33.3 Å². The van der Waals surface area contributed by atoms with E-state index in [1.165, 1.54) is 0 Å². The van der Waals surface area contributed by atoms with Crippen LogP contribution in [0.3, 0.4) is 0 Å². The number of aromatic nitrogens is 2. The number of hydrogen-bond donors (Lipinski definition) is 0. The number of hydrogen-bond acceptors (Lipinski definition) is 7. The average Bonchev–Trinajstić information content (AvgIpc) is 3.64. The van der Waals surface area contributed by atoms with Gasteiger partial charge >= 0.3 is 0 Å². The minimum atomic E-state index is -3.44. The molecule has 1 atom stereocenters. The van der Waals surface area contributed by atoms with Gasteiger partial charge in [0, 0.05) is 22.9 Å². The molecule has 3 aromatic carbocycles. The van der Waals surface area contributed by atoms with Crippen LogP contribution in [0.5, 0.6) is 5.75 Å². The summed E-state index contributed by atoms with van der Waals surface area (Å²) < 4.78 is 32.2. The molecule has 0 aliphatic carbocycles. The third-order valence-corrected chi connectivity index (χ3v) is 9.78. The van der Waals surface area contributed by atoms with Gasteiger partial charge in [0.25, 0.3) is 11.8 Å². The number of para-hydroxylation sites is 1. The van der Waals surface area contributed by atoms with E-state index >= 15 is 0 Å². The Labute approximate surface area is 267 Å². The van der Waals surface area contributed by atoms with Gasteiger partial charge < -0.3 is 4.74 Å². The molecule has 6 rings (SSSR count). The van der Waals surface area contributed by atoms with E-state index < -0.39 is 27.7 Å². The molecule has 1 fully saturated rings. The van der Waals surface area contributed by atoms with Crippen molar-refractivity contribution in [3.05, 3.63) is 126 Å². The number of amides is 2. The average molecular weight is 631 g/mol. The lowest BCUT2D eigenvalue weighted by Crippen LogP contribution is -2.49. The van der Waals surface area contributed by atoms with E-state index in [4.69, 9.17) is 9.84 Å². The molecule has 0 spiro atoms. The Morgan fingerprint density at radius 1 is 1.04 bits per heavy atom. The smallest absolute Gasteiger partial charge is 0.272 e. The molecule has 0 saturated carbocycles. The summed E-state index contributed by atoms with van der Waals surface area (Å²) in [6.45, 7) is 5.99. The minimum Gasteiger partial charge on any atom is -0.490 e. The molecule has 3 heterocycles. The van der Waals surface area contributed by atoms with Crippen LogP contribution in [0.15, 0.2) is 109 Å². The topological polar surface area (TPSA) is 122 Å². The molecule has 9 nitrogen and oxygen atoms in total. The first-order valence-corrected chi connectivity index (χ1v) is 16.5. The zero-order chi connectivity index (χ0) is 32.4. The second kappa shape index (κ2) is 12.5. The number of benzene rings is 3. The zero-order valence-electron chi connectivity index (χ0n) is 25.1. The van der Waals surface area contributed by atoms with Crippen molar-refractivity contribution in [3.8, 4) is 28.8 Å². The third kappa shape index (κ3) is 5.80. The van der Waals surface area contributed by atoms with Gasteiger partial charge in [-0.05, 0) is 60.9 Å². The van der Waals surface area contributed by atoms with E-state index in [-0.39, 0.29) is 34.6 Å². The van der Waals surface area contributed by atoms with Gasteiger partial charge in [-0.1, -0.05) is 61.2 Å². The lowest BCUT2D eigenvalue weighted by Gasteiger charge is -2.32. The molecule has 10 heteroatoms. The normalized spacial score (nSPS) is 18.6. The van der Waals surface area contributed by atoms with Crippen LogP contribution >= 0.6 is 0 Å². The highest BCUT2D eigenvalue weighted by atomic mass is 32.2. The summed E-state index contributed by atoms with van der Waals surface area (Å²) in [6, 6.07) is 25.1. The van der Waals surface area contributed by atoms with E-state index in [0.29, 0.717) is 29.2 Å². The van der Waals surface area contributed by atoms with E-state index in [1.807, 2.05) is 61.5 Å². The van der Waals surface area contributed by atoms with Crippen LogP contribution in [-0.4, -0.2) is 59.1 Å². The fourth-order valence-corrected chi connectivity index (χ4v) is 7.56. The fourth-order valence-electron chi connectivity index (χ4n) is 5.86. The second-order valence-corrected chi connectivity index (χ2v) is 13.3. The highest BCUT2D eigenvalue weighted by Gasteiger charge is 2.45. The van der Waals surface area contributed by atoms with E-state index in [0.717, 1.165) is 21.7 Å². The Morgan fingerprint density at radius 2 is 1.76 bits per heavy atom. The second-order valence-electron chi connectivity index (χ2n) is 11.1. The fraction of sp³-hybridized carbons (Fsp3) is 0.167. The number of ether oxygens (including phenoxy) is 1. The number of aryl methyl sites for hydroxylation is 1. The molecule has 0 bridgehead atoms. The molecule has 1 unspecified atom stereocenters. The summed E-state index contributed by atoms with van der Waals surface area (Å²) in [5.41, 5.74) is 4.17. The Bertz CT molecular complexity index is 2070. The molecule has 0 N–H and O–H groups in total. The lowest BCUT2D eigenvalue weighted by atomic mass is 9.86. The maximum atomic E-state index is 14.4. The van der Waals surface area contributed by atoms with Gasteiger partial charge in [-0.2, -0.15) is 10.4 Å². The van der Waals surface area contributed by atoms with Crippen LogP contribution in [0.4, 0.5) is 0 Å². The lowest BCUT2D eigenvalue weighted by molar-refractivity contribution is -0.142. The minimum absolute atomic E-state index is 0.101. The SMILES string of the molecule is C=CCOc1ccc(-c2nn(-c3ccccc3)cc2/C=C2\C(=O)N(C3CCS(=O)(=O)C3)C(=O)C(C#N)=C2c2ccccc2)c(C)c1. The first-order chi connectivity index (χ1) is 22.2. The molecule has 2 aliphatic heterocycles. The van der Waals surface area contributed by atoms with Crippen LogP contribution < -0.4 is 4.74 Å². The summed E-state index contributed by atoms with van der Waals surface area (Å²) >= 11 is 0. The highest BCUT2D eigenvalue weighted by molar-refractivity contribution is 7.91. The number of rotatable bonds is 8. The predicted octanol–water partition coefficient (Wildman–Crippen LogP) is 5.33. The number of nitriles is 1.